The topological polar surface area (TPSA) is 64.3 Å². The van der Waals surface area contributed by atoms with Crippen LogP contribution in [-0.4, -0.2) is 18.6 Å². The van der Waals surface area contributed by atoms with Crippen LogP contribution in [-0.2, 0) is 9.53 Å². The van der Waals surface area contributed by atoms with E-state index in [1.807, 2.05) is 13.8 Å². The average Bonchev–Trinajstić information content (AvgIpc) is 2.33. The Labute approximate surface area is 124 Å². The van der Waals surface area contributed by atoms with E-state index in [0.717, 1.165) is 30.7 Å². The van der Waals surface area contributed by atoms with Gasteiger partial charge in [0.25, 0.3) is 0 Å². The molecule has 3 N–H and O–H groups in total. The molecule has 1 saturated carbocycles. The second-order valence-corrected chi connectivity index (χ2v) is 5.76. The molecule has 0 spiro atoms. The highest BCUT2D eigenvalue weighted by atomic mass is 35.5. The van der Waals surface area contributed by atoms with Crippen LogP contribution in [0.2, 0.25) is 5.02 Å². The van der Waals surface area contributed by atoms with Gasteiger partial charge in [-0.15, -0.1) is 0 Å². The van der Waals surface area contributed by atoms with E-state index in [-0.39, 0.29) is 5.91 Å². The number of ether oxygens (including phenoxy) is 1. The lowest BCUT2D eigenvalue weighted by Crippen LogP contribution is -2.33. The molecular formula is C15H21ClN2O2. The summed E-state index contributed by atoms with van der Waals surface area (Å²) < 4.78 is 5.49. The number of hydrogen-bond donors (Lipinski definition) is 2. The van der Waals surface area contributed by atoms with Crippen LogP contribution >= 0.6 is 11.6 Å². The summed E-state index contributed by atoms with van der Waals surface area (Å²) in [5, 5.41) is 3.37. The van der Waals surface area contributed by atoms with Crippen LogP contribution in [0.15, 0.2) is 12.1 Å². The van der Waals surface area contributed by atoms with E-state index < -0.39 is 0 Å². The number of benzene rings is 1. The lowest BCUT2D eigenvalue weighted by molar-refractivity contribution is -0.119. The third kappa shape index (κ3) is 3.64. The summed E-state index contributed by atoms with van der Waals surface area (Å²) in [7, 11) is 0. The first-order valence-corrected chi connectivity index (χ1v) is 7.34. The van der Waals surface area contributed by atoms with Crippen molar-refractivity contribution in [1.29, 1.82) is 0 Å². The summed E-state index contributed by atoms with van der Waals surface area (Å²) in [5.74, 6) is 0.449. The predicted octanol–water partition coefficient (Wildman–Crippen LogP) is 3.37. The molecule has 4 nitrogen and oxygen atoms in total. The van der Waals surface area contributed by atoms with Crippen molar-refractivity contribution in [2.75, 3.05) is 17.7 Å². The summed E-state index contributed by atoms with van der Waals surface area (Å²) in [5.41, 5.74) is 7.89. The molecule has 0 unspecified atom stereocenters. The molecule has 20 heavy (non-hydrogen) atoms. The van der Waals surface area contributed by atoms with Crippen molar-refractivity contribution in [2.45, 2.75) is 39.2 Å². The Kier molecular flexibility index (Phi) is 4.89. The first-order chi connectivity index (χ1) is 9.49. The van der Waals surface area contributed by atoms with Crippen LogP contribution in [0.25, 0.3) is 0 Å². The molecule has 110 valence electrons. The molecule has 0 aliphatic heterocycles. The Morgan fingerprint density at radius 1 is 1.50 bits per heavy atom. The Morgan fingerprint density at radius 3 is 2.85 bits per heavy atom. The van der Waals surface area contributed by atoms with Gasteiger partial charge in [-0.1, -0.05) is 11.6 Å². The average molecular weight is 297 g/mol. The highest BCUT2D eigenvalue weighted by molar-refractivity contribution is 6.33. The zero-order valence-electron chi connectivity index (χ0n) is 11.9. The first-order valence-electron chi connectivity index (χ1n) is 6.96. The smallest absolute Gasteiger partial charge is 0.224 e. The number of hydrogen-bond acceptors (Lipinski definition) is 3. The van der Waals surface area contributed by atoms with Crippen LogP contribution in [0.1, 0.15) is 31.7 Å². The standard InChI is InChI=1S/C15H21ClN2O2/c1-3-20-11-5-10(6-11)7-15(19)18-14-8-12(16)13(17)4-9(14)2/h4,8,10-11H,3,5-7,17H2,1-2H3,(H,18,19). The number of rotatable bonds is 5. The van der Waals surface area contributed by atoms with Crippen molar-refractivity contribution < 1.29 is 9.53 Å². The maximum absolute atomic E-state index is 12.0. The third-order valence-corrected chi connectivity index (χ3v) is 4.01. The fourth-order valence-corrected chi connectivity index (χ4v) is 2.68. The van der Waals surface area contributed by atoms with Crippen molar-refractivity contribution in [3.05, 3.63) is 22.7 Å². The number of nitrogen functional groups attached to an aromatic ring is 1. The van der Waals surface area contributed by atoms with Gasteiger partial charge in [-0.2, -0.15) is 0 Å². The fourth-order valence-electron chi connectivity index (χ4n) is 2.51. The molecule has 1 aliphatic rings. The third-order valence-electron chi connectivity index (χ3n) is 3.69. The quantitative estimate of drug-likeness (QED) is 0.819. The molecule has 0 atom stereocenters. The van der Waals surface area contributed by atoms with Gasteiger partial charge in [0.05, 0.1) is 16.8 Å². The van der Waals surface area contributed by atoms with Crippen molar-refractivity contribution in [2.24, 2.45) is 5.92 Å². The summed E-state index contributed by atoms with van der Waals surface area (Å²) in [6.07, 6.45) is 2.82. The maximum Gasteiger partial charge on any atom is 0.224 e. The molecule has 2 rings (SSSR count). The van der Waals surface area contributed by atoms with E-state index in [0.29, 0.717) is 29.2 Å². The molecule has 1 aliphatic carbocycles. The normalized spacial score (nSPS) is 21.4. The van der Waals surface area contributed by atoms with E-state index in [1.165, 1.54) is 0 Å². The number of amides is 1. The van der Waals surface area contributed by atoms with Gasteiger partial charge >= 0.3 is 0 Å². The van der Waals surface area contributed by atoms with Gasteiger partial charge in [0, 0.05) is 18.7 Å². The molecule has 0 aromatic heterocycles. The van der Waals surface area contributed by atoms with Crippen molar-refractivity contribution >= 4 is 28.9 Å². The van der Waals surface area contributed by atoms with Crippen molar-refractivity contribution in [1.82, 2.24) is 0 Å². The second kappa shape index (κ2) is 6.46. The predicted molar refractivity (Wildman–Crippen MR) is 82.0 cm³/mol. The summed E-state index contributed by atoms with van der Waals surface area (Å²) in [6.45, 7) is 4.64. The van der Waals surface area contributed by atoms with Gasteiger partial charge in [0.15, 0.2) is 0 Å². The van der Waals surface area contributed by atoms with Crippen LogP contribution in [0.4, 0.5) is 11.4 Å². The number of carbonyl (C=O) groups excluding carboxylic acids is 1. The lowest BCUT2D eigenvalue weighted by Gasteiger charge is -2.34. The van der Waals surface area contributed by atoms with Crippen molar-refractivity contribution in [3.63, 3.8) is 0 Å². The van der Waals surface area contributed by atoms with Gasteiger partial charge in [0.2, 0.25) is 5.91 Å². The number of halogens is 1. The number of nitrogens with one attached hydrogen (secondary N) is 1. The van der Waals surface area contributed by atoms with Crippen LogP contribution in [0.5, 0.6) is 0 Å². The molecule has 1 aromatic rings. The minimum atomic E-state index is 0.0221. The molecule has 5 heteroatoms. The van der Waals surface area contributed by atoms with Crippen LogP contribution in [0.3, 0.4) is 0 Å². The maximum atomic E-state index is 12.0. The van der Waals surface area contributed by atoms with E-state index in [1.54, 1.807) is 12.1 Å². The first kappa shape index (κ1) is 15.1. The van der Waals surface area contributed by atoms with Gasteiger partial charge in [-0.3, -0.25) is 4.79 Å². The van der Waals surface area contributed by atoms with Crippen LogP contribution in [0, 0.1) is 12.8 Å². The fraction of sp³-hybridized carbons (Fsp3) is 0.533. The number of anilines is 2. The highest BCUT2D eigenvalue weighted by Crippen LogP contribution is 2.33. The van der Waals surface area contributed by atoms with Gasteiger partial charge in [0.1, 0.15) is 0 Å². The Hall–Kier alpha value is -1.26. The highest BCUT2D eigenvalue weighted by Gasteiger charge is 2.31. The van der Waals surface area contributed by atoms with Gasteiger partial charge in [-0.25, -0.2) is 0 Å². The molecule has 1 aromatic carbocycles. The molecule has 0 bridgehead atoms. The number of carbonyl (C=O) groups is 1. The zero-order valence-corrected chi connectivity index (χ0v) is 12.7. The summed E-state index contributed by atoms with van der Waals surface area (Å²) in [6, 6.07) is 3.47. The molecule has 0 radical (unpaired) electrons. The summed E-state index contributed by atoms with van der Waals surface area (Å²) >= 11 is 5.97. The Morgan fingerprint density at radius 2 is 2.20 bits per heavy atom. The van der Waals surface area contributed by atoms with E-state index in [2.05, 4.69) is 5.32 Å². The monoisotopic (exact) mass is 296 g/mol. The van der Waals surface area contributed by atoms with Crippen molar-refractivity contribution in [3.8, 4) is 0 Å². The van der Waals surface area contributed by atoms with Gasteiger partial charge in [-0.05, 0) is 50.3 Å². The SMILES string of the molecule is CCOC1CC(CC(=O)Nc2cc(Cl)c(N)cc2C)C1. The number of aryl methyl sites for hydroxylation is 1. The zero-order chi connectivity index (χ0) is 14.7. The second-order valence-electron chi connectivity index (χ2n) is 5.36. The lowest BCUT2D eigenvalue weighted by atomic mass is 9.80. The minimum Gasteiger partial charge on any atom is -0.398 e. The van der Waals surface area contributed by atoms with E-state index in [9.17, 15) is 4.79 Å². The number of nitrogens with two attached hydrogens (primary N) is 1. The minimum absolute atomic E-state index is 0.0221. The van der Waals surface area contributed by atoms with E-state index in [4.69, 9.17) is 22.1 Å². The van der Waals surface area contributed by atoms with Crippen LogP contribution < -0.4 is 11.1 Å². The summed E-state index contributed by atoms with van der Waals surface area (Å²) in [4.78, 5) is 12.0. The van der Waals surface area contributed by atoms with Gasteiger partial charge < -0.3 is 15.8 Å². The largest absolute Gasteiger partial charge is 0.398 e. The molecule has 1 fully saturated rings. The molecular weight excluding hydrogens is 276 g/mol. The van der Waals surface area contributed by atoms with E-state index >= 15 is 0 Å². The Bertz CT molecular complexity index is 499. The molecule has 0 heterocycles. The molecule has 0 saturated heterocycles. The Balaban J connectivity index is 1.85. The molecule has 1 amide bonds.